The van der Waals surface area contributed by atoms with Crippen molar-refractivity contribution in [3.8, 4) is 5.75 Å². The third-order valence-corrected chi connectivity index (χ3v) is 9.68. The topological polar surface area (TPSA) is 228 Å². The number of likely N-dealkylation sites (N-methyl/N-ethyl adjacent to an activating group) is 1. The molecular weight excluding hydrogens is 745 g/mol. The van der Waals surface area contributed by atoms with Crippen LogP contribution in [-0.4, -0.2) is 109 Å². The minimum Gasteiger partial charge on any atom is -0.544 e. The standard InChI is InChI=1S/C36H36N12O7S/c1-48(2,21-30(49)50)16-12-37-33(52)34-39-26-11-14-45(20-27(26)55-34)31-25(8-9-28-42-43-44-47(28)19-22-4-6-24(54-3)7-5-22)35(53)46-15-10-23(18-29(46)40-31)32(51)41-36-38-13-17-56-36/h4-10,13,15,17-18H,11-12,14,16,19-21H2,1-3H3,(H2-,37,38,41,49,50,51,52). The van der Waals surface area contributed by atoms with Crippen molar-refractivity contribution in [2.75, 3.05) is 57.6 Å². The summed E-state index contributed by atoms with van der Waals surface area (Å²) in [6.45, 7) is 1.19. The minimum atomic E-state index is -1.18. The van der Waals surface area contributed by atoms with Gasteiger partial charge in [0.2, 0.25) is 0 Å². The molecule has 0 fully saturated rings. The molecule has 0 atom stereocenters. The molecule has 1 aliphatic heterocycles. The monoisotopic (exact) mass is 780 g/mol. The van der Waals surface area contributed by atoms with Crippen LogP contribution in [0.2, 0.25) is 0 Å². The summed E-state index contributed by atoms with van der Waals surface area (Å²) < 4.78 is 14.2. The lowest BCUT2D eigenvalue weighted by Gasteiger charge is -2.29. The van der Waals surface area contributed by atoms with E-state index in [0.717, 1.165) is 11.3 Å². The number of methoxy groups -OCH3 is 1. The minimum absolute atomic E-state index is 0.116. The Morgan fingerprint density at radius 1 is 1.11 bits per heavy atom. The molecule has 6 heterocycles. The normalized spacial score (nSPS) is 12.9. The quantitative estimate of drug-likeness (QED) is 0.145. The number of nitrogens with zero attached hydrogens (tertiary/aromatic N) is 10. The number of amides is 2. The van der Waals surface area contributed by atoms with Gasteiger partial charge >= 0.3 is 5.91 Å². The molecule has 0 unspecified atom stereocenters. The van der Waals surface area contributed by atoms with Crippen molar-refractivity contribution in [2.45, 2.75) is 19.5 Å². The third kappa shape index (κ3) is 8.45. The average Bonchev–Trinajstić information content (AvgIpc) is 3.95. The van der Waals surface area contributed by atoms with E-state index in [-0.39, 0.29) is 46.8 Å². The number of fused-ring (bicyclic) bond motifs is 2. The van der Waals surface area contributed by atoms with Crippen LogP contribution in [-0.2, 0) is 24.3 Å². The molecule has 56 heavy (non-hydrogen) atoms. The molecule has 0 aliphatic carbocycles. The first-order chi connectivity index (χ1) is 27.0. The van der Waals surface area contributed by atoms with Crippen molar-refractivity contribution in [2.24, 2.45) is 0 Å². The number of ether oxygens (including phenoxy) is 1. The molecular formula is C36H36N12O7S. The van der Waals surface area contributed by atoms with E-state index in [1.54, 1.807) is 49.6 Å². The summed E-state index contributed by atoms with van der Waals surface area (Å²) in [7, 11) is 5.04. The molecule has 20 heteroatoms. The Morgan fingerprint density at radius 2 is 1.93 bits per heavy atom. The van der Waals surface area contributed by atoms with E-state index in [2.05, 4.69) is 36.1 Å². The molecule has 0 saturated carbocycles. The van der Waals surface area contributed by atoms with E-state index in [4.69, 9.17) is 14.1 Å². The Kier molecular flexibility index (Phi) is 10.6. The van der Waals surface area contributed by atoms with Gasteiger partial charge in [-0.1, -0.05) is 12.1 Å². The molecule has 5 aromatic heterocycles. The molecule has 7 rings (SSSR count). The summed E-state index contributed by atoms with van der Waals surface area (Å²) in [5.41, 5.74) is 1.83. The second kappa shape index (κ2) is 15.9. The number of carbonyl (C=O) groups is 3. The van der Waals surface area contributed by atoms with Gasteiger partial charge in [-0.3, -0.25) is 24.1 Å². The maximum absolute atomic E-state index is 14.2. The second-order valence-electron chi connectivity index (χ2n) is 13.5. The number of carboxylic acids is 1. The fourth-order valence-corrected chi connectivity index (χ4v) is 6.60. The number of hydrogen-bond donors (Lipinski definition) is 2. The number of pyridine rings is 1. The molecule has 0 bridgehead atoms. The highest BCUT2D eigenvalue weighted by Crippen LogP contribution is 2.27. The van der Waals surface area contributed by atoms with Gasteiger partial charge in [0, 0.05) is 36.3 Å². The summed E-state index contributed by atoms with van der Waals surface area (Å²) in [6, 6.07) is 10.5. The Morgan fingerprint density at radius 3 is 2.68 bits per heavy atom. The van der Waals surface area contributed by atoms with Crippen LogP contribution in [0.3, 0.4) is 0 Å². The van der Waals surface area contributed by atoms with Crippen LogP contribution in [0, 0.1) is 0 Å². The largest absolute Gasteiger partial charge is 0.544 e. The van der Waals surface area contributed by atoms with Crippen LogP contribution in [0.15, 0.2) is 63.4 Å². The predicted molar refractivity (Wildman–Crippen MR) is 201 cm³/mol. The zero-order valence-corrected chi connectivity index (χ0v) is 31.4. The summed E-state index contributed by atoms with van der Waals surface area (Å²) in [5.74, 6) is -0.437. The highest BCUT2D eigenvalue weighted by Gasteiger charge is 2.28. The lowest BCUT2D eigenvalue weighted by molar-refractivity contribution is -0.883. The number of rotatable bonds is 14. The van der Waals surface area contributed by atoms with Crippen LogP contribution in [0.25, 0.3) is 17.8 Å². The number of hydrogen-bond acceptors (Lipinski definition) is 15. The average molecular weight is 781 g/mol. The second-order valence-corrected chi connectivity index (χ2v) is 14.4. The maximum Gasteiger partial charge on any atom is 0.307 e. The first-order valence-electron chi connectivity index (χ1n) is 17.3. The zero-order chi connectivity index (χ0) is 39.4. The van der Waals surface area contributed by atoms with Gasteiger partial charge in [0.15, 0.2) is 11.0 Å². The third-order valence-electron chi connectivity index (χ3n) is 9.00. The number of carbonyl (C=O) groups excluding carboxylic acids is 3. The maximum atomic E-state index is 14.2. The van der Waals surface area contributed by atoms with Gasteiger partial charge < -0.3 is 33.8 Å². The van der Waals surface area contributed by atoms with Gasteiger partial charge in [0.05, 0.1) is 64.6 Å². The Hall–Kier alpha value is -6.80. The van der Waals surface area contributed by atoms with Gasteiger partial charge in [-0.15, -0.1) is 16.4 Å². The smallest absolute Gasteiger partial charge is 0.307 e. The highest BCUT2D eigenvalue weighted by molar-refractivity contribution is 7.13. The van der Waals surface area contributed by atoms with Crippen molar-refractivity contribution in [1.29, 1.82) is 0 Å². The van der Waals surface area contributed by atoms with E-state index < -0.39 is 23.3 Å². The first-order valence-corrected chi connectivity index (χ1v) is 18.2. The lowest BCUT2D eigenvalue weighted by Crippen LogP contribution is -2.51. The fourth-order valence-electron chi connectivity index (χ4n) is 6.08. The summed E-state index contributed by atoms with van der Waals surface area (Å²) in [6.07, 6.45) is 6.68. The number of quaternary nitrogens is 1. The number of thiazole rings is 1. The van der Waals surface area contributed by atoms with Crippen LogP contribution in [0.5, 0.6) is 5.75 Å². The molecule has 6 aromatic rings. The SMILES string of the molecule is COc1ccc(Cn2nnnc2C=Cc2c(N3CCc4nc(C(=O)NCC[N+](C)(C)CC(=O)[O-])oc4C3)nc3cc(C(=O)Nc4nccs4)ccn3c2=O)cc1. The number of benzene rings is 1. The van der Waals surface area contributed by atoms with E-state index in [9.17, 15) is 24.3 Å². The van der Waals surface area contributed by atoms with E-state index in [0.29, 0.717) is 54.3 Å². The van der Waals surface area contributed by atoms with Gasteiger partial charge in [-0.05, 0) is 52.4 Å². The van der Waals surface area contributed by atoms with Crippen LogP contribution < -0.4 is 30.9 Å². The molecule has 2 amide bonds. The number of tetrazole rings is 1. The van der Waals surface area contributed by atoms with Crippen molar-refractivity contribution < 1.29 is 33.1 Å². The molecule has 0 spiro atoms. The Labute approximate surface area is 322 Å². The van der Waals surface area contributed by atoms with Crippen LogP contribution in [0.1, 0.15) is 49.4 Å². The number of aromatic nitrogens is 8. The fraction of sp³-hybridized carbons (Fsp3) is 0.278. The molecule has 1 aliphatic rings. The first kappa shape index (κ1) is 37.5. The summed E-state index contributed by atoms with van der Waals surface area (Å²) >= 11 is 1.28. The van der Waals surface area contributed by atoms with Crippen molar-refractivity contribution in [3.63, 3.8) is 0 Å². The molecule has 288 valence electrons. The van der Waals surface area contributed by atoms with Crippen molar-refractivity contribution in [3.05, 3.63) is 104 Å². The number of oxazole rings is 1. The van der Waals surface area contributed by atoms with Gasteiger partial charge in [0.25, 0.3) is 17.4 Å². The van der Waals surface area contributed by atoms with Gasteiger partial charge in [-0.25, -0.2) is 19.6 Å². The van der Waals surface area contributed by atoms with Crippen LogP contribution >= 0.6 is 11.3 Å². The molecule has 0 saturated heterocycles. The number of aliphatic carboxylic acids is 1. The van der Waals surface area contributed by atoms with Crippen molar-refractivity contribution in [1.82, 2.24) is 44.9 Å². The lowest BCUT2D eigenvalue weighted by atomic mass is 10.1. The summed E-state index contributed by atoms with van der Waals surface area (Å²) in [5, 5.41) is 30.8. The molecule has 0 radical (unpaired) electrons. The van der Waals surface area contributed by atoms with E-state index >= 15 is 0 Å². The van der Waals surface area contributed by atoms with Crippen LogP contribution in [0.4, 0.5) is 10.9 Å². The predicted octanol–water partition coefficient (Wildman–Crippen LogP) is 0.724. The van der Waals surface area contributed by atoms with E-state index in [1.807, 2.05) is 29.2 Å². The Bertz CT molecular complexity index is 2490. The number of anilines is 2. The summed E-state index contributed by atoms with van der Waals surface area (Å²) in [4.78, 5) is 66.6. The Balaban J connectivity index is 1.18. The zero-order valence-electron chi connectivity index (χ0n) is 30.5. The molecule has 1 aromatic carbocycles. The van der Waals surface area contributed by atoms with Gasteiger partial charge in [0.1, 0.15) is 29.5 Å². The highest BCUT2D eigenvalue weighted by atomic mass is 32.1. The molecule has 19 nitrogen and oxygen atoms in total. The van der Waals surface area contributed by atoms with E-state index in [1.165, 1.54) is 34.1 Å². The molecule has 2 N–H and O–H groups in total. The van der Waals surface area contributed by atoms with Crippen molar-refractivity contribution >= 4 is 57.9 Å². The van der Waals surface area contributed by atoms with Gasteiger partial charge in [-0.2, -0.15) is 0 Å². The number of carboxylic acid groups (broad SMARTS) is 1. The number of nitrogens with one attached hydrogen (secondary N) is 2.